The number of H-pyrrole nitrogens is 1. The van der Waals surface area contributed by atoms with Crippen molar-refractivity contribution in [1.82, 2.24) is 9.97 Å². The van der Waals surface area contributed by atoms with Crippen molar-refractivity contribution in [2.45, 2.75) is 0 Å². The predicted octanol–water partition coefficient (Wildman–Crippen LogP) is 5.39. The van der Waals surface area contributed by atoms with Gasteiger partial charge in [-0.05, 0) is 47.5 Å². The summed E-state index contributed by atoms with van der Waals surface area (Å²) in [5, 5.41) is 1.13. The minimum absolute atomic E-state index is 0.225. The number of carbonyl (C=O) groups excluding carboxylic acids is 1. The first-order valence-electron chi connectivity index (χ1n) is 7.76. The van der Waals surface area contributed by atoms with Crippen LogP contribution in [0.2, 0.25) is 5.02 Å². The number of fused-ring (bicyclic) bond motifs is 1. The van der Waals surface area contributed by atoms with Crippen molar-refractivity contribution in [3.05, 3.63) is 88.7 Å². The number of pyridine rings is 1. The topological polar surface area (TPSA) is 45.8 Å². The Morgan fingerprint density at radius 1 is 1.00 bits per heavy atom. The Kier molecular flexibility index (Phi) is 4.01. The highest BCUT2D eigenvalue weighted by Gasteiger charge is 2.21. The highest BCUT2D eigenvalue weighted by atomic mass is 35.5. The maximum absolute atomic E-state index is 14.1. The van der Waals surface area contributed by atoms with Crippen LogP contribution in [0.5, 0.6) is 0 Å². The van der Waals surface area contributed by atoms with Gasteiger partial charge in [-0.2, -0.15) is 0 Å². The maximum Gasteiger partial charge on any atom is 0.198 e. The van der Waals surface area contributed by atoms with E-state index < -0.39 is 17.4 Å². The number of hydrogen-bond donors (Lipinski definition) is 1. The highest BCUT2D eigenvalue weighted by Crippen LogP contribution is 2.32. The molecule has 2 heterocycles. The summed E-state index contributed by atoms with van der Waals surface area (Å²) >= 11 is 5.94. The molecular formula is C20H11ClF2N2O. The molecule has 6 heteroatoms. The molecule has 0 spiro atoms. The van der Waals surface area contributed by atoms with E-state index in [9.17, 15) is 13.6 Å². The number of nitrogens with one attached hydrogen (secondary N) is 1. The molecule has 4 rings (SSSR count). The average molecular weight is 369 g/mol. The molecule has 2 aromatic carbocycles. The zero-order valence-electron chi connectivity index (χ0n) is 13.3. The molecule has 0 unspecified atom stereocenters. The van der Waals surface area contributed by atoms with Crippen molar-refractivity contribution < 1.29 is 13.6 Å². The Morgan fingerprint density at radius 2 is 1.77 bits per heavy atom. The lowest BCUT2D eigenvalue weighted by Crippen LogP contribution is -2.04. The van der Waals surface area contributed by atoms with Crippen LogP contribution in [-0.2, 0) is 0 Å². The smallest absolute Gasteiger partial charge is 0.198 e. The number of halogens is 3. The van der Waals surface area contributed by atoms with Gasteiger partial charge in [0.15, 0.2) is 5.78 Å². The van der Waals surface area contributed by atoms with Gasteiger partial charge in [-0.25, -0.2) is 13.8 Å². The van der Waals surface area contributed by atoms with Crippen molar-refractivity contribution in [3.63, 3.8) is 0 Å². The molecular weight excluding hydrogens is 358 g/mol. The lowest BCUT2D eigenvalue weighted by molar-refractivity contribution is 0.103. The van der Waals surface area contributed by atoms with Crippen molar-refractivity contribution in [2.75, 3.05) is 0 Å². The fourth-order valence-electron chi connectivity index (χ4n) is 2.92. The fourth-order valence-corrected chi connectivity index (χ4v) is 3.05. The summed E-state index contributed by atoms with van der Waals surface area (Å²) in [6, 6.07) is 11.7. The third kappa shape index (κ3) is 2.76. The number of aromatic nitrogens is 2. The lowest BCUT2D eigenvalue weighted by atomic mass is 9.97. The number of nitrogens with zero attached hydrogens (tertiary/aromatic N) is 1. The van der Waals surface area contributed by atoms with Gasteiger partial charge in [-0.3, -0.25) is 4.79 Å². The number of benzene rings is 2. The minimum atomic E-state index is -0.775. The molecule has 2 aromatic heterocycles. The molecule has 4 aromatic rings. The van der Waals surface area contributed by atoms with E-state index in [0.29, 0.717) is 16.1 Å². The summed E-state index contributed by atoms with van der Waals surface area (Å²) in [5.41, 5.74) is 1.96. The van der Waals surface area contributed by atoms with Gasteiger partial charge in [0.2, 0.25) is 0 Å². The molecule has 1 N–H and O–H groups in total. The van der Waals surface area contributed by atoms with Gasteiger partial charge >= 0.3 is 0 Å². The summed E-state index contributed by atoms with van der Waals surface area (Å²) in [6.45, 7) is 0. The van der Waals surface area contributed by atoms with Crippen LogP contribution in [0.25, 0.3) is 22.2 Å². The Balaban J connectivity index is 1.93. The molecule has 0 atom stereocenters. The Labute approximate surface area is 152 Å². The summed E-state index contributed by atoms with van der Waals surface area (Å²) in [5.74, 6) is -2.07. The standard InChI is InChI=1S/C20H11ClF2N2O/c21-12-3-1-11(2-4-12)14-7-8-24-20-18(14)16(10-25-20)19(26)15-9-13(22)5-6-17(15)23/h1-10H,(H,24,25). The first kappa shape index (κ1) is 16.4. The second-order valence-electron chi connectivity index (χ2n) is 5.74. The molecule has 0 aliphatic rings. The quantitative estimate of drug-likeness (QED) is 0.492. The van der Waals surface area contributed by atoms with Gasteiger partial charge in [-0.1, -0.05) is 23.7 Å². The van der Waals surface area contributed by atoms with E-state index in [0.717, 1.165) is 29.3 Å². The third-order valence-electron chi connectivity index (χ3n) is 4.15. The Morgan fingerprint density at radius 3 is 2.54 bits per heavy atom. The van der Waals surface area contributed by atoms with Crippen LogP contribution < -0.4 is 0 Å². The predicted molar refractivity (Wildman–Crippen MR) is 96.3 cm³/mol. The van der Waals surface area contributed by atoms with Crippen LogP contribution in [0.1, 0.15) is 15.9 Å². The number of ketones is 1. The molecule has 3 nitrogen and oxygen atoms in total. The summed E-state index contributed by atoms with van der Waals surface area (Å²) in [6.07, 6.45) is 3.07. The van der Waals surface area contributed by atoms with Crippen molar-refractivity contribution in [1.29, 1.82) is 0 Å². The van der Waals surface area contributed by atoms with Crippen LogP contribution in [0, 0.1) is 11.6 Å². The van der Waals surface area contributed by atoms with E-state index in [-0.39, 0.29) is 11.1 Å². The molecule has 0 aliphatic carbocycles. The van der Waals surface area contributed by atoms with Gasteiger partial charge in [0.05, 0.1) is 11.1 Å². The number of rotatable bonds is 3. The van der Waals surface area contributed by atoms with Crippen molar-refractivity contribution in [2.24, 2.45) is 0 Å². The van der Waals surface area contributed by atoms with E-state index in [1.807, 2.05) is 12.1 Å². The molecule has 0 saturated heterocycles. The average Bonchev–Trinajstić information content (AvgIpc) is 3.08. The summed E-state index contributed by atoms with van der Waals surface area (Å²) in [4.78, 5) is 20.0. The zero-order valence-corrected chi connectivity index (χ0v) is 14.0. The van der Waals surface area contributed by atoms with E-state index in [1.165, 1.54) is 6.20 Å². The van der Waals surface area contributed by atoms with E-state index in [1.54, 1.807) is 24.4 Å². The number of hydrogen-bond acceptors (Lipinski definition) is 2. The third-order valence-corrected chi connectivity index (χ3v) is 4.40. The second-order valence-corrected chi connectivity index (χ2v) is 6.18. The minimum Gasteiger partial charge on any atom is -0.345 e. The maximum atomic E-state index is 14.1. The SMILES string of the molecule is O=C(c1cc(F)ccc1F)c1c[nH]c2nccc(-c3ccc(Cl)cc3)c12. The molecule has 0 amide bonds. The van der Waals surface area contributed by atoms with Gasteiger partial charge in [0.25, 0.3) is 0 Å². The molecule has 26 heavy (non-hydrogen) atoms. The molecule has 0 fully saturated rings. The van der Waals surface area contributed by atoms with E-state index in [4.69, 9.17) is 11.6 Å². The van der Waals surface area contributed by atoms with E-state index >= 15 is 0 Å². The van der Waals surface area contributed by atoms with Gasteiger partial charge in [-0.15, -0.1) is 0 Å². The van der Waals surface area contributed by atoms with Crippen LogP contribution in [0.15, 0.2) is 60.9 Å². The molecule has 128 valence electrons. The summed E-state index contributed by atoms with van der Waals surface area (Å²) in [7, 11) is 0. The molecule has 0 radical (unpaired) electrons. The zero-order chi connectivity index (χ0) is 18.3. The number of carbonyl (C=O) groups is 1. The lowest BCUT2D eigenvalue weighted by Gasteiger charge is -2.07. The Hall–Kier alpha value is -3.05. The van der Waals surface area contributed by atoms with Gasteiger partial charge in [0.1, 0.15) is 17.3 Å². The van der Waals surface area contributed by atoms with Crippen LogP contribution in [0.3, 0.4) is 0 Å². The summed E-state index contributed by atoms with van der Waals surface area (Å²) < 4.78 is 27.5. The largest absolute Gasteiger partial charge is 0.345 e. The molecule has 0 aliphatic heterocycles. The van der Waals surface area contributed by atoms with Crippen molar-refractivity contribution >= 4 is 28.4 Å². The van der Waals surface area contributed by atoms with Crippen molar-refractivity contribution in [3.8, 4) is 11.1 Å². The monoisotopic (exact) mass is 368 g/mol. The normalized spacial score (nSPS) is 11.0. The first-order valence-corrected chi connectivity index (χ1v) is 8.14. The van der Waals surface area contributed by atoms with Crippen LogP contribution in [0.4, 0.5) is 8.78 Å². The molecule has 0 saturated carbocycles. The van der Waals surface area contributed by atoms with Gasteiger partial charge in [0, 0.05) is 22.8 Å². The second kappa shape index (κ2) is 6.35. The van der Waals surface area contributed by atoms with Gasteiger partial charge < -0.3 is 4.98 Å². The number of aromatic amines is 1. The fraction of sp³-hybridized carbons (Fsp3) is 0. The first-order chi connectivity index (χ1) is 12.5. The van der Waals surface area contributed by atoms with Crippen LogP contribution in [-0.4, -0.2) is 15.8 Å². The highest BCUT2D eigenvalue weighted by molar-refractivity contribution is 6.30. The van der Waals surface area contributed by atoms with Crippen LogP contribution >= 0.6 is 11.6 Å². The molecule has 0 bridgehead atoms. The Bertz CT molecular complexity index is 1140. The van der Waals surface area contributed by atoms with E-state index in [2.05, 4.69) is 9.97 Å².